The van der Waals surface area contributed by atoms with Crippen molar-refractivity contribution in [3.63, 3.8) is 0 Å². The first kappa shape index (κ1) is 29.5. The monoisotopic (exact) mass is 508 g/mol. The minimum absolute atomic E-state index is 0.0686. The SMILES string of the molecule is CC/C=C\C/C=C\[C@@H](CO[Si](C)(C)C(C)(C)C)O[Si](c1ccccc1)(c1ccccc1)C(C)(C)C. The van der Waals surface area contributed by atoms with Crippen molar-refractivity contribution in [1.82, 2.24) is 0 Å². The van der Waals surface area contributed by atoms with Crippen molar-refractivity contribution in [3.8, 4) is 0 Å². The zero-order valence-electron chi connectivity index (χ0n) is 23.6. The summed E-state index contributed by atoms with van der Waals surface area (Å²) < 4.78 is 14.1. The van der Waals surface area contributed by atoms with Crippen molar-refractivity contribution in [3.05, 3.63) is 85.0 Å². The summed E-state index contributed by atoms with van der Waals surface area (Å²) >= 11 is 0. The van der Waals surface area contributed by atoms with Crippen LogP contribution >= 0.6 is 0 Å². The Bertz CT molecular complexity index is 896. The molecular weight excluding hydrogens is 461 g/mol. The van der Waals surface area contributed by atoms with Gasteiger partial charge in [-0.05, 0) is 46.4 Å². The van der Waals surface area contributed by atoms with Crippen molar-refractivity contribution in [1.29, 1.82) is 0 Å². The predicted octanol–water partition coefficient (Wildman–Crippen LogP) is 7.87. The molecular formula is C31H48O2Si2. The molecule has 1 atom stereocenters. The Labute approximate surface area is 217 Å². The molecule has 0 saturated carbocycles. The Kier molecular flexibility index (Phi) is 10.5. The van der Waals surface area contributed by atoms with Crippen LogP contribution < -0.4 is 10.4 Å². The Morgan fingerprint density at radius 2 is 1.26 bits per heavy atom. The molecule has 0 bridgehead atoms. The van der Waals surface area contributed by atoms with Gasteiger partial charge in [0.25, 0.3) is 8.32 Å². The third kappa shape index (κ3) is 7.63. The van der Waals surface area contributed by atoms with Gasteiger partial charge in [0.2, 0.25) is 0 Å². The summed E-state index contributed by atoms with van der Waals surface area (Å²) in [6.07, 6.45) is 10.8. The van der Waals surface area contributed by atoms with E-state index in [0.29, 0.717) is 6.61 Å². The molecule has 0 radical (unpaired) electrons. The predicted molar refractivity (Wildman–Crippen MR) is 159 cm³/mol. The highest BCUT2D eigenvalue weighted by Gasteiger charge is 2.51. The molecule has 0 unspecified atom stereocenters. The lowest BCUT2D eigenvalue weighted by molar-refractivity contribution is 0.145. The summed E-state index contributed by atoms with van der Waals surface area (Å²) in [5.41, 5.74) is 0. The van der Waals surface area contributed by atoms with Crippen molar-refractivity contribution < 1.29 is 8.85 Å². The maximum atomic E-state index is 7.41. The van der Waals surface area contributed by atoms with Crippen LogP contribution in [0.25, 0.3) is 0 Å². The van der Waals surface area contributed by atoms with E-state index >= 15 is 0 Å². The normalized spacial score (nSPS) is 14.7. The van der Waals surface area contributed by atoms with Crippen LogP contribution in [0.1, 0.15) is 61.3 Å². The molecule has 2 nitrogen and oxygen atoms in total. The molecule has 0 aliphatic heterocycles. The van der Waals surface area contributed by atoms with Gasteiger partial charge in [0.05, 0.1) is 12.7 Å². The van der Waals surface area contributed by atoms with Gasteiger partial charge in [-0.3, -0.25) is 0 Å². The molecule has 0 amide bonds. The fraction of sp³-hybridized carbons (Fsp3) is 0.484. The first-order valence-corrected chi connectivity index (χ1v) is 17.9. The second kappa shape index (κ2) is 12.5. The zero-order valence-corrected chi connectivity index (χ0v) is 25.6. The van der Waals surface area contributed by atoms with E-state index in [1.165, 1.54) is 10.4 Å². The van der Waals surface area contributed by atoms with Gasteiger partial charge in [-0.25, -0.2) is 0 Å². The summed E-state index contributed by atoms with van der Waals surface area (Å²) in [6.45, 7) is 21.3. The molecule has 35 heavy (non-hydrogen) atoms. The fourth-order valence-corrected chi connectivity index (χ4v) is 9.76. The van der Waals surface area contributed by atoms with Gasteiger partial charge in [0.15, 0.2) is 8.32 Å². The number of allylic oxidation sites excluding steroid dienone is 3. The minimum atomic E-state index is -2.66. The van der Waals surface area contributed by atoms with Crippen LogP contribution in [0.15, 0.2) is 85.0 Å². The molecule has 4 heteroatoms. The summed E-state index contributed by atoms with van der Waals surface area (Å²) in [4.78, 5) is 0. The molecule has 2 rings (SSSR count). The van der Waals surface area contributed by atoms with E-state index in [1.807, 2.05) is 0 Å². The van der Waals surface area contributed by atoms with Crippen molar-refractivity contribution in [2.45, 2.75) is 90.6 Å². The van der Waals surface area contributed by atoms with Crippen molar-refractivity contribution in [2.75, 3.05) is 6.61 Å². The average molecular weight is 509 g/mol. The highest BCUT2D eigenvalue weighted by Crippen LogP contribution is 2.39. The van der Waals surface area contributed by atoms with Gasteiger partial charge < -0.3 is 8.85 Å². The maximum Gasteiger partial charge on any atom is 0.261 e. The molecule has 0 heterocycles. The summed E-state index contributed by atoms with van der Waals surface area (Å²) in [5, 5.41) is 2.69. The first-order valence-electron chi connectivity index (χ1n) is 13.1. The van der Waals surface area contributed by atoms with Gasteiger partial charge in [-0.15, -0.1) is 0 Å². The topological polar surface area (TPSA) is 18.5 Å². The Morgan fingerprint density at radius 3 is 1.69 bits per heavy atom. The van der Waals surface area contributed by atoms with Crippen LogP contribution in [0, 0.1) is 0 Å². The highest BCUT2D eigenvalue weighted by atomic mass is 28.4. The first-order chi connectivity index (χ1) is 16.3. The summed E-state index contributed by atoms with van der Waals surface area (Å²) in [7, 11) is -4.58. The van der Waals surface area contributed by atoms with Crippen LogP contribution in [0.5, 0.6) is 0 Å². The third-order valence-electron chi connectivity index (χ3n) is 7.18. The third-order valence-corrected chi connectivity index (χ3v) is 16.7. The lowest BCUT2D eigenvalue weighted by Crippen LogP contribution is -2.68. The lowest BCUT2D eigenvalue weighted by atomic mass is 10.2. The second-order valence-electron chi connectivity index (χ2n) is 11.9. The van der Waals surface area contributed by atoms with Gasteiger partial charge >= 0.3 is 0 Å². The van der Waals surface area contributed by atoms with E-state index in [4.69, 9.17) is 8.85 Å². The molecule has 2 aromatic rings. The van der Waals surface area contributed by atoms with E-state index in [-0.39, 0.29) is 16.2 Å². The smallest absolute Gasteiger partial charge is 0.261 e. The molecule has 0 fully saturated rings. The highest BCUT2D eigenvalue weighted by molar-refractivity contribution is 6.99. The second-order valence-corrected chi connectivity index (χ2v) is 21.0. The molecule has 0 aliphatic rings. The largest absolute Gasteiger partial charge is 0.414 e. The lowest BCUT2D eigenvalue weighted by Gasteiger charge is -2.45. The quantitative estimate of drug-likeness (QED) is 0.227. The number of hydrogen-bond donors (Lipinski definition) is 0. The molecule has 0 aromatic heterocycles. The molecule has 0 N–H and O–H groups in total. The number of rotatable bonds is 11. The van der Waals surface area contributed by atoms with Crippen LogP contribution in [-0.4, -0.2) is 29.3 Å². The molecule has 192 valence electrons. The van der Waals surface area contributed by atoms with E-state index in [2.05, 4.69) is 147 Å². The van der Waals surface area contributed by atoms with E-state index in [0.717, 1.165) is 12.8 Å². The van der Waals surface area contributed by atoms with Gasteiger partial charge in [-0.2, -0.15) is 0 Å². The Hall–Kier alpha value is -1.73. The molecule has 2 aromatic carbocycles. The van der Waals surface area contributed by atoms with Gasteiger partial charge in [0, 0.05) is 0 Å². The van der Waals surface area contributed by atoms with Crippen LogP contribution in [0.4, 0.5) is 0 Å². The van der Waals surface area contributed by atoms with Crippen LogP contribution in [0.3, 0.4) is 0 Å². The van der Waals surface area contributed by atoms with E-state index < -0.39 is 16.6 Å². The van der Waals surface area contributed by atoms with E-state index in [9.17, 15) is 0 Å². The maximum absolute atomic E-state index is 7.41. The van der Waals surface area contributed by atoms with Gasteiger partial charge in [0.1, 0.15) is 0 Å². The van der Waals surface area contributed by atoms with Crippen molar-refractivity contribution >= 4 is 27.0 Å². The number of benzene rings is 2. The summed E-state index contributed by atoms with van der Waals surface area (Å²) in [5.74, 6) is 0. The average Bonchev–Trinajstić information content (AvgIpc) is 2.80. The molecule has 0 aliphatic carbocycles. The molecule has 0 saturated heterocycles. The van der Waals surface area contributed by atoms with Crippen molar-refractivity contribution in [2.24, 2.45) is 0 Å². The minimum Gasteiger partial charge on any atom is -0.414 e. The number of hydrogen-bond acceptors (Lipinski definition) is 2. The fourth-order valence-electron chi connectivity index (χ4n) is 4.13. The Balaban J connectivity index is 2.56. The standard InChI is InChI=1S/C31H48O2Si2/c1-10-11-12-13-16-21-27(26-32-34(8,9)30(2,3)4)33-35(31(5,6)7,28-22-17-14-18-23-28)29-24-19-15-20-25-29/h11-12,14-25,27H,10,13,26H2,1-9H3/b12-11-,21-16-/t27-/m0/s1. The van der Waals surface area contributed by atoms with E-state index in [1.54, 1.807) is 0 Å². The molecule has 0 spiro atoms. The zero-order chi connectivity index (χ0) is 26.2. The van der Waals surface area contributed by atoms with Crippen LogP contribution in [0.2, 0.25) is 23.2 Å². The van der Waals surface area contributed by atoms with Gasteiger partial charge in [-0.1, -0.05) is 133 Å². The summed E-state index contributed by atoms with van der Waals surface area (Å²) in [6, 6.07) is 21.8. The Morgan fingerprint density at radius 1 is 0.743 bits per heavy atom. The van der Waals surface area contributed by atoms with Crippen LogP contribution in [-0.2, 0) is 8.85 Å².